The van der Waals surface area contributed by atoms with E-state index in [0.717, 1.165) is 19.6 Å². The molecule has 0 aromatic heterocycles. The number of hydrogen-bond donors (Lipinski definition) is 1. The Morgan fingerprint density at radius 2 is 2.00 bits per heavy atom. The number of carbonyl (C=O) groups is 1. The molecular weight excluding hydrogens is 268 g/mol. The smallest absolute Gasteiger partial charge is 0.339 e. The second-order valence-electron chi connectivity index (χ2n) is 5.39. The molecule has 0 fully saturated rings. The molecule has 0 aliphatic carbocycles. The normalized spacial score (nSPS) is 12.7. The van der Waals surface area contributed by atoms with Crippen molar-refractivity contribution in [3.63, 3.8) is 0 Å². The Morgan fingerprint density at radius 3 is 2.57 bits per heavy atom. The van der Waals surface area contributed by atoms with Gasteiger partial charge in [-0.2, -0.15) is 0 Å². The minimum atomic E-state index is -0.959. The Morgan fingerprint density at radius 1 is 1.33 bits per heavy atom. The molecule has 0 bridgehead atoms. The first kappa shape index (κ1) is 17.5. The number of rotatable bonds is 9. The van der Waals surface area contributed by atoms with Crippen LogP contribution in [0.3, 0.4) is 0 Å². The molecule has 5 heteroatoms. The van der Waals surface area contributed by atoms with Gasteiger partial charge in [-0.15, -0.1) is 0 Å². The molecule has 0 radical (unpaired) electrons. The van der Waals surface area contributed by atoms with Gasteiger partial charge in [-0.05, 0) is 39.7 Å². The lowest BCUT2D eigenvalue weighted by molar-refractivity contribution is 0.0691. The molecule has 1 atom stereocenters. The summed E-state index contributed by atoms with van der Waals surface area (Å²) in [5, 5.41) is 9.11. The summed E-state index contributed by atoms with van der Waals surface area (Å²) < 4.78 is 5.65. The first-order valence-corrected chi connectivity index (χ1v) is 7.29. The second kappa shape index (κ2) is 8.64. The van der Waals surface area contributed by atoms with Crippen LogP contribution < -0.4 is 4.74 Å². The van der Waals surface area contributed by atoms with Gasteiger partial charge in [0, 0.05) is 19.1 Å². The van der Waals surface area contributed by atoms with Crippen LogP contribution in [0.1, 0.15) is 24.2 Å². The van der Waals surface area contributed by atoms with Crippen LogP contribution in [-0.4, -0.2) is 67.3 Å². The molecule has 0 saturated carbocycles. The van der Waals surface area contributed by atoms with Crippen LogP contribution in [0.2, 0.25) is 0 Å². The Bertz CT molecular complexity index is 449. The van der Waals surface area contributed by atoms with Crippen molar-refractivity contribution in [2.75, 3.05) is 40.3 Å². The molecule has 0 aliphatic rings. The molecule has 118 valence electrons. The zero-order valence-electron chi connectivity index (χ0n) is 13.4. The summed E-state index contributed by atoms with van der Waals surface area (Å²) in [7, 11) is 4.12. The summed E-state index contributed by atoms with van der Waals surface area (Å²) in [6, 6.07) is 7.18. The zero-order chi connectivity index (χ0) is 15.8. The summed E-state index contributed by atoms with van der Waals surface area (Å²) in [5.41, 5.74) is 0.210. The lowest BCUT2D eigenvalue weighted by Crippen LogP contribution is -2.42. The van der Waals surface area contributed by atoms with E-state index in [4.69, 9.17) is 9.84 Å². The summed E-state index contributed by atoms with van der Waals surface area (Å²) in [4.78, 5) is 15.6. The van der Waals surface area contributed by atoms with E-state index in [0.29, 0.717) is 18.4 Å². The topological polar surface area (TPSA) is 53.0 Å². The van der Waals surface area contributed by atoms with Gasteiger partial charge in [-0.1, -0.05) is 19.1 Å². The van der Waals surface area contributed by atoms with Gasteiger partial charge in [-0.25, -0.2) is 4.79 Å². The van der Waals surface area contributed by atoms with Crippen molar-refractivity contribution in [3.05, 3.63) is 29.8 Å². The second-order valence-corrected chi connectivity index (χ2v) is 5.39. The minimum Gasteiger partial charge on any atom is -0.491 e. The standard InChI is InChI=1S/C16H26N2O3/c1-5-18(13(2)12-17(3)4)10-11-21-15-9-7-6-8-14(15)16(19)20/h6-9,13H,5,10-12H2,1-4H3,(H,19,20). The number of ether oxygens (including phenoxy) is 1. The van der Waals surface area contributed by atoms with Gasteiger partial charge in [-0.3, -0.25) is 4.90 Å². The molecule has 1 N–H and O–H groups in total. The fourth-order valence-corrected chi connectivity index (χ4v) is 2.38. The molecule has 1 unspecified atom stereocenters. The first-order valence-electron chi connectivity index (χ1n) is 7.29. The Balaban J connectivity index is 2.53. The predicted octanol–water partition coefficient (Wildman–Crippen LogP) is 2.04. The van der Waals surface area contributed by atoms with Crippen LogP contribution >= 0.6 is 0 Å². The highest BCUT2D eigenvalue weighted by Gasteiger charge is 2.14. The van der Waals surface area contributed by atoms with Crippen LogP contribution in [0.25, 0.3) is 0 Å². The average molecular weight is 294 g/mol. The zero-order valence-corrected chi connectivity index (χ0v) is 13.4. The van der Waals surface area contributed by atoms with Crippen molar-refractivity contribution in [2.24, 2.45) is 0 Å². The molecular formula is C16H26N2O3. The van der Waals surface area contributed by atoms with Gasteiger partial charge in [0.15, 0.2) is 0 Å². The van der Waals surface area contributed by atoms with E-state index >= 15 is 0 Å². The van der Waals surface area contributed by atoms with Gasteiger partial charge < -0.3 is 14.7 Å². The number of aromatic carboxylic acids is 1. The van der Waals surface area contributed by atoms with E-state index < -0.39 is 5.97 Å². The third-order valence-electron chi connectivity index (χ3n) is 3.41. The molecule has 5 nitrogen and oxygen atoms in total. The van der Waals surface area contributed by atoms with Crippen molar-refractivity contribution in [2.45, 2.75) is 19.9 Å². The summed E-state index contributed by atoms with van der Waals surface area (Å²) in [5.74, 6) is -0.528. The quantitative estimate of drug-likeness (QED) is 0.755. The van der Waals surface area contributed by atoms with E-state index in [2.05, 4.69) is 37.7 Å². The number of benzene rings is 1. The van der Waals surface area contributed by atoms with E-state index in [1.165, 1.54) is 0 Å². The van der Waals surface area contributed by atoms with Gasteiger partial charge in [0.2, 0.25) is 0 Å². The lowest BCUT2D eigenvalue weighted by atomic mass is 10.2. The van der Waals surface area contributed by atoms with Crippen LogP contribution in [-0.2, 0) is 0 Å². The van der Waals surface area contributed by atoms with Crippen LogP contribution in [0, 0.1) is 0 Å². The van der Waals surface area contributed by atoms with E-state index in [1.54, 1.807) is 24.3 Å². The van der Waals surface area contributed by atoms with E-state index in [-0.39, 0.29) is 5.56 Å². The number of carboxylic acid groups (broad SMARTS) is 1. The van der Waals surface area contributed by atoms with Crippen molar-refractivity contribution >= 4 is 5.97 Å². The van der Waals surface area contributed by atoms with Crippen LogP contribution in [0.15, 0.2) is 24.3 Å². The van der Waals surface area contributed by atoms with Crippen molar-refractivity contribution in [1.29, 1.82) is 0 Å². The highest BCUT2D eigenvalue weighted by Crippen LogP contribution is 2.17. The SMILES string of the molecule is CCN(CCOc1ccccc1C(=O)O)C(C)CN(C)C. The molecule has 0 heterocycles. The first-order chi connectivity index (χ1) is 9.95. The number of hydrogen-bond acceptors (Lipinski definition) is 4. The fraction of sp³-hybridized carbons (Fsp3) is 0.562. The monoisotopic (exact) mass is 294 g/mol. The number of carboxylic acids is 1. The molecule has 1 aromatic carbocycles. The summed E-state index contributed by atoms with van der Waals surface area (Å²) >= 11 is 0. The van der Waals surface area contributed by atoms with E-state index in [9.17, 15) is 4.79 Å². The molecule has 21 heavy (non-hydrogen) atoms. The maximum atomic E-state index is 11.1. The minimum absolute atomic E-state index is 0.210. The number of para-hydroxylation sites is 1. The van der Waals surface area contributed by atoms with Crippen molar-refractivity contribution < 1.29 is 14.6 Å². The highest BCUT2D eigenvalue weighted by atomic mass is 16.5. The predicted molar refractivity (Wildman–Crippen MR) is 84.2 cm³/mol. The Kier molecular flexibility index (Phi) is 7.19. The maximum absolute atomic E-state index is 11.1. The lowest BCUT2D eigenvalue weighted by Gasteiger charge is -2.29. The molecule has 1 rings (SSSR count). The third kappa shape index (κ3) is 5.73. The fourth-order valence-electron chi connectivity index (χ4n) is 2.38. The average Bonchev–Trinajstić information content (AvgIpc) is 2.43. The molecule has 0 spiro atoms. The van der Waals surface area contributed by atoms with Crippen molar-refractivity contribution in [1.82, 2.24) is 9.80 Å². The van der Waals surface area contributed by atoms with Crippen molar-refractivity contribution in [3.8, 4) is 5.75 Å². The maximum Gasteiger partial charge on any atom is 0.339 e. The largest absolute Gasteiger partial charge is 0.491 e. The van der Waals surface area contributed by atoms with E-state index in [1.807, 2.05) is 0 Å². The van der Waals surface area contributed by atoms with Gasteiger partial charge >= 0.3 is 5.97 Å². The number of likely N-dealkylation sites (N-methyl/N-ethyl adjacent to an activating group) is 2. The molecule has 0 aliphatic heterocycles. The summed E-state index contributed by atoms with van der Waals surface area (Å²) in [6.07, 6.45) is 0. The highest BCUT2D eigenvalue weighted by molar-refractivity contribution is 5.90. The van der Waals surface area contributed by atoms with Crippen LogP contribution in [0.4, 0.5) is 0 Å². The van der Waals surface area contributed by atoms with Gasteiger partial charge in [0.25, 0.3) is 0 Å². The molecule has 0 amide bonds. The van der Waals surface area contributed by atoms with Gasteiger partial charge in [0.05, 0.1) is 0 Å². The van der Waals surface area contributed by atoms with Gasteiger partial charge in [0.1, 0.15) is 17.9 Å². The number of nitrogens with zero attached hydrogens (tertiary/aromatic N) is 2. The molecule has 1 aromatic rings. The Hall–Kier alpha value is -1.59. The summed E-state index contributed by atoms with van der Waals surface area (Å²) in [6.45, 7) is 7.50. The van der Waals surface area contributed by atoms with Crippen LogP contribution in [0.5, 0.6) is 5.75 Å². The Labute approximate surface area is 127 Å². The molecule has 0 saturated heterocycles. The third-order valence-corrected chi connectivity index (χ3v) is 3.41.